The van der Waals surface area contributed by atoms with E-state index in [0.29, 0.717) is 19.3 Å². The van der Waals surface area contributed by atoms with Crippen LogP contribution >= 0.6 is 0 Å². The first kappa shape index (κ1) is 57.1. The Kier molecular flexibility index (Phi) is 47.3. The van der Waals surface area contributed by atoms with Gasteiger partial charge in [-0.25, -0.2) is 0 Å². The van der Waals surface area contributed by atoms with Gasteiger partial charge in [0.2, 0.25) is 0 Å². The van der Waals surface area contributed by atoms with E-state index in [4.69, 9.17) is 14.2 Å². The molecule has 0 aliphatic rings. The molecule has 0 spiro atoms. The topological polar surface area (TPSA) is 78.9 Å². The average molecular weight is 833 g/mol. The highest BCUT2D eigenvalue weighted by Crippen LogP contribution is 2.16. The van der Waals surface area contributed by atoms with Crippen molar-refractivity contribution in [2.24, 2.45) is 0 Å². The summed E-state index contributed by atoms with van der Waals surface area (Å²) in [7, 11) is 0. The maximum atomic E-state index is 12.7. The van der Waals surface area contributed by atoms with Gasteiger partial charge >= 0.3 is 17.9 Å². The van der Waals surface area contributed by atoms with Crippen molar-refractivity contribution in [3.05, 3.63) is 12.2 Å². The molecule has 348 valence electrons. The van der Waals surface area contributed by atoms with Crippen LogP contribution in [-0.2, 0) is 28.6 Å². The molecule has 0 rings (SSSR count). The number of hydrogen-bond donors (Lipinski definition) is 0. The van der Waals surface area contributed by atoms with E-state index in [9.17, 15) is 14.4 Å². The number of esters is 3. The summed E-state index contributed by atoms with van der Waals surface area (Å²) in [6, 6.07) is 0. The van der Waals surface area contributed by atoms with Crippen molar-refractivity contribution in [2.75, 3.05) is 13.2 Å². The molecule has 1 atom stereocenters. The minimum Gasteiger partial charge on any atom is -0.462 e. The van der Waals surface area contributed by atoms with Gasteiger partial charge < -0.3 is 14.2 Å². The quantitative estimate of drug-likeness (QED) is 0.0263. The molecule has 0 fully saturated rings. The van der Waals surface area contributed by atoms with Crippen molar-refractivity contribution in [3.8, 4) is 0 Å². The Morgan fingerprint density at radius 3 is 0.847 bits per heavy atom. The zero-order valence-electron chi connectivity index (χ0n) is 39.8. The van der Waals surface area contributed by atoms with Crippen molar-refractivity contribution in [1.82, 2.24) is 0 Å². The first-order valence-electron chi connectivity index (χ1n) is 26.2. The van der Waals surface area contributed by atoms with E-state index in [-0.39, 0.29) is 31.1 Å². The van der Waals surface area contributed by atoms with Gasteiger partial charge in [0.25, 0.3) is 0 Å². The van der Waals surface area contributed by atoms with Gasteiger partial charge in [0, 0.05) is 19.3 Å². The van der Waals surface area contributed by atoms with Gasteiger partial charge in [-0.05, 0) is 44.9 Å². The van der Waals surface area contributed by atoms with Crippen LogP contribution in [0, 0.1) is 0 Å². The predicted molar refractivity (Wildman–Crippen MR) is 252 cm³/mol. The van der Waals surface area contributed by atoms with E-state index >= 15 is 0 Å². The Bertz CT molecular complexity index is 916. The maximum Gasteiger partial charge on any atom is 0.306 e. The summed E-state index contributed by atoms with van der Waals surface area (Å²) in [4.78, 5) is 37.9. The molecule has 0 N–H and O–H groups in total. The summed E-state index contributed by atoms with van der Waals surface area (Å²) in [5.74, 6) is -0.857. The Morgan fingerprint density at radius 2 is 0.559 bits per heavy atom. The Labute approximate surface area is 367 Å². The largest absolute Gasteiger partial charge is 0.462 e. The highest BCUT2D eigenvalue weighted by Gasteiger charge is 2.19. The Morgan fingerprint density at radius 1 is 0.322 bits per heavy atom. The summed E-state index contributed by atoms with van der Waals surface area (Å²) in [5.41, 5.74) is 0. The molecule has 0 saturated carbocycles. The second-order valence-electron chi connectivity index (χ2n) is 17.8. The molecule has 6 heteroatoms. The van der Waals surface area contributed by atoms with E-state index in [0.717, 1.165) is 57.8 Å². The summed E-state index contributed by atoms with van der Waals surface area (Å²) >= 11 is 0. The first-order chi connectivity index (χ1) is 29.0. The van der Waals surface area contributed by atoms with Gasteiger partial charge in [0.15, 0.2) is 6.10 Å². The van der Waals surface area contributed by atoms with Gasteiger partial charge in [0.05, 0.1) is 0 Å². The third-order valence-corrected chi connectivity index (χ3v) is 11.8. The molecule has 0 aromatic rings. The number of unbranched alkanes of at least 4 members (excludes halogenated alkanes) is 35. The SMILES string of the molecule is CCCCCCCCCC/C=C\CCCCCCCCCC(=O)OC[C@@H](COC(=O)CCCCCCCCCCCC)OC(=O)CCCCCCCCCCCCCC. The zero-order chi connectivity index (χ0) is 43.0. The van der Waals surface area contributed by atoms with Crippen molar-refractivity contribution >= 4 is 17.9 Å². The summed E-state index contributed by atoms with van der Waals surface area (Å²) < 4.78 is 16.8. The van der Waals surface area contributed by atoms with Crippen LogP contribution in [0.1, 0.15) is 290 Å². The first-order valence-corrected chi connectivity index (χ1v) is 26.2. The van der Waals surface area contributed by atoms with Crippen LogP contribution in [0.3, 0.4) is 0 Å². The third-order valence-electron chi connectivity index (χ3n) is 11.8. The van der Waals surface area contributed by atoms with E-state index in [2.05, 4.69) is 32.9 Å². The minimum atomic E-state index is -0.764. The second kappa shape index (κ2) is 48.8. The van der Waals surface area contributed by atoms with Crippen LogP contribution in [0.5, 0.6) is 0 Å². The van der Waals surface area contributed by atoms with Crippen LogP contribution in [0.4, 0.5) is 0 Å². The minimum absolute atomic E-state index is 0.0664. The second-order valence-corrected chi connectivity index (χ2v) is 17.8. The molecule has 59 heavy (non-hydrogen) atoms. The average Bonchev–Trinajstić information content (AvgIpc) is 3.23. The summed E-state index contributed by atoms with van der Waals surface area (Å²) in [6.07, 6.45) is 53.4. The van der Waals surface area contributed by atoms with Crippen LogP contribution in [0.2, 0.25) is 0 Å². The summed E-state index contributed by atoms with van der Waals surface area (Å²) in [5, 5.41) is 0. The molecule has 0 radical (unpaired) electrons. The molecule has 6 nitrogen and oxygen atoms in total. The lowest BCUT2D eigenvalue weighted by molar-refractivity contribution is -0.167. The molecule has 0 unspecified atom stereocenters. The van der Waals surface area contributed by atoms with E-state index in [1.807, 2.05) is 0 Å². The molecule has 0 aromatic heterocycles. The van der Waals surface area contributed by atoms with Crippen molar-refractivity contribution in [1.29, 1.82) is 0 Å². The fourth-order valence-electron chi connectivity index (χ4n) is 7.79. The Hall–Kier alpha value is -1.85. The fraction of sp³-hybridized carbons (Fsp3) is 0.906. The molecule has 0 heterocycles. The molecular weight excluding hydrogens is 733 g/mol. The molecule has 0 saturated heterocycles. The summed E-state index contributed by atoms with van der Waals surface area (Å²) in [6.45, 7) is 6.65. The van der Waals surface area contributed by atoms with Crippen molar-refractivity contribution in [3.63, 3.8) is 0 Å². The molecule has 0 aromatic carbocycles. The lowest BCUT2D eigenvalue weighted by atomic mass is 10.0. The smallest absolute Gasteiger partial charge is 0.306 e. The molecule has 0 amide bonds. The van der Waals surface area contributed by atoms with Crippen molar-refractivity contribution in [2.45, 2.75) is 297 Å². The van der Waals surface area contributed by atoms with Gasteiger partial charge in [0.1, 0.15) is 13.2 Å². The number of hydrogen-bond acceptors (Lipinski definition) is 6. The predicted octanol–water partition coefficient (Wildman–Crippen LogP) is 17.0. The van der Waals surface area contributed by atoms with Gasteiger partial charge in [-0.3, -0.25) is 14.4 Å². The standard InChI is InChI=1S/C53H100O6/c1-4-7-10-13-16-19-22-24-25-26-27-28-29-30-32-34-37-40-43-46-52(55)58-49-50(48-57-51(54)45-42-39-36-33-21-18-15-12-9-6-3)59-53(56)47-44-41-38-35-31-23-20-17-14-11-8-5-2/h26-27,50H,4-25,28-49H2,1-3H3/b27-26-/t50-/m1/s1. The highest BCUT2D eigenvalue weighted by atomic mass is 16.6. The van der Waals surface area contributed by atoms with Crippen LogP contribution in [0.15, 0.2) is 12.2 Å². The number of ether oxygens (including phenoxy) is 3. The molecule has 0 bridgehead atoms. The van der Waals surface area contributed by atoms with E-state index < -0.39 is 6.10 Å². The lowest BCUT2D eigenvalue weighted by Crippen LogP contribution is -2.30. The van der Waals surface area contributed by atoms with Gasteiger partial charge in [-0.15, -0.1) is 0 Å². The Balaban J connectivity index is 4.25. The number of carbonyl (C=O) groups is 3. The normalized spacial score (nSPS) is 12.0. The highest BCUT2D eigenvalue weighted by molar-refractivity contribution is 5.71. The number of allylic oxidation sites excluding steroid dienone is 2. The van der Waals surface area contributed by atoms with Gasteiger partial charge in [-0.2, -0.15) is 0 Å². The molecular formula is C53H100O6. The maximum absolute atomic E-state index is 12.7. The van der Waals surface area contributed by atoms with Crippen LogP contribution in [-0.4, -0.2) is 37.2 Å². The van der Waals surface area contributed by atoms with Crippen molar-refractivity contribution < 1.29 is 28.6 Å². The zero-order valence-corrected chi connectivity index (χ0v) is 39.8. The number of carbonyl (C=O) groups excluding carboxylic acids is 3. The van der Waals surface area contributed by atoms with Gasteiger partial charge in [-0.1, -0.05) is 238 Å². The third kappa shape index (κ3) is 47.1. The fourth-order valence-corrected chi connectivity index (χ4v) is 7.79. The lowest BCUT2D eigenvalue weighted by Gasteiger charge is -2.18. The number of rotatable bonds is 48. The molecule has 0 aliphatic carbocycles. The molecule has 0 aliphatic heterocycles. The van der Waals surface area contributed by atoms with Crippen LogP contribution in [0.25, 0.3) is 0 Å². The van der Waals surface area contributed by atoms with Crippen LogP contribution < -0.4 is 0 Å². The van der Waals surface area contributed by atoms with E-state index in [1.54, 1.807) is 0 Å². The van der Waals surface area contributed by atoms with E-state index in [1.165, 1.54) is 193 Å². The monoisotopic (exact) mass is 833 g/mol.